The van der Waals surface area contributed by atoms with E-state index in [0.29, 0.717) is 47.6 Å². The van der Waals surface area contributed by atoms with Crippen molar-refractivity contribution in [1.82, 2.24) is 10.9 Å². The number of aliphatic imine (C=N–C) groups is 1. The molecule has 9 heteroatoms. The highest BCUT2D eigenvalue weighted by molar-refractivity contribution is 6.31. The van der Waals surface area contributed by atoms with Gasteiger partial charge < -0.3 is 19.3 Å². The number of halogens is 1. The zero-order chi connectivity index (χ0) is 30.1. The quantitative estimate of drug-likeness (QED) is 0.140. The molecule has 8 nitrogen and oxygen atoms in total. The molecule has 43 heavy (non-hydrogen) atoms. The van der Waals surface area contributed by atoms with E-state index >= 15 is 0 Å². The number of hydrogen-bond acceptors (Lipinski definition) is 7. The highest BCUT2D eigenvalue weighted by Crippen LogP contribution is 2.43. The Morgan fingerprint density at radius 3 is 2.49 bits per heavy atom. The van der Waals surface area contributed by atoms with Gasteiger partial charge in [0.2, 0.25) is 5.90 Å². The average Bonchev–Trinajstić information content (AvgIpc) is 3.43. The van der Waals surface area contributed by atoms with Gasteiger partial charge in [-0.05, 0) is 59.2 Å². The van der Waals surface area contributed by atoms with Crippen LogP contribution in [0.3, 0.4) is 0 Å². The van der Waals surface area contributed by atoms with Gasteiger partial charge in [-0.15, -0.1) is 0 Å². The molecule has 0 unspecified atom stereocenters. The van der Waals surface area contributed by atoms with Crippen LogP contribution in [0.4, 0.5) is 0 Å². The summed E-state index contributed by atoms with van der Waals surface area (Å²) in [4.78, 5) is 19.3. The van der Waals surface area contributed by atoms with Crippen molar-refractivity contribution in [3.8, 4) is 11.5 Å². The van der Waals surface area contributed by atoms with E-state index in [2.05, 4.69) is 10.9 Å². The van der Waals surface area contributed by atoms with Gasteiger partial charge in [-0.3, -0.25) is 10.2 Å². The van der Waals surface area contributed by atoms with E-state index in [1.165, 1.54) is 0 Å². The topological polar surface area (TPSA) is 101 Å². The van der Waals surface area contributed by atoms with Crippen LogP contribution >= 0.6 is 11.6 Å². The number of ether oxygens (including phenoxy) is 3. The summed E-state index contributed by atoms with van der Waals surface area (Å²) in [6, 6.07) is 32.0. The van der Waals surface area contributed by atoms with Crippen LogP contribution in [0.2, 0.25) is 5.02 Å². The van der Waals surface area contributed by atoms with Crippen molar-refractivity contribution < 1.29 is 24.1 Å². The van der Waals surface area contributed by atoms with Crippen LogP contribution in [-0.2, 0) is 22.5 Å². The Hall–Kier alpha value is -4.37. The number of aliphatic hydroxyl groups excluding tert-OH is 1. The second kappa shape index (κ2) is 14.2. The van der Waals surface area contributed by atoms with Crippen LogP contribution in [0.15, 0.2) is 108 Å². The molecule has 0 saturated carbocycles. The van der Waals surface area contributed by atoms with E-state index in [1.807, 2.05) is 97.1 Å². The minimum atomic E-state index is -1.37. The molecule has 0 bridgehead atoms. The van der Waals surface area contributed by atoms with Crippen LogP contribution in [0.5, 0.6) is 11.5 Å². The Labute approximate surface area is 256 Å². The summed E-state index contributed by atoms with van der Waals surface area (Å²) in [5.41, 5.74) is 7.80. The molecule has 1 amide bonds. The van der Waals surface area contributed by atoms with Crippen molar-refractivity contribution in [2.45, 2.75) is 31.0 Å². The number of carbonyl (C=O) groups excluding carboxylic acids is 1. The van der Waals surface area contributed by atoms with Crippen LogP contribution in [0.25, 0.3) is 0 Å². The largest absolute Gasteiger partial charge is 0.497 e. The molecule has 0 saturated heterocycles. The third kappa shape index (κ3) is 7.17. The minimum Gasteiger partial charge on any atom is -0.497 e. The maximum Gasteiger partial charge on any atom is 0.266 e. The minimum absolute atomic E-state index is 0.0627. The fourth-order valence-corrected chi connectivity index (χ4v) is 5.17. The lowest BCUT2D eigenvalue weighted by Crippen LogP contribution is -2.53. The third-order valence-corrected chi connectivity index (χ3v) is 7.55. The number of hydrazine groups is 1. The molecule has 4 aromatic rings. The molecule has 0 fully saturated rings. The maximum absolute atomic E-state index is 14.3. The van der Waals surface area contributed by atoms with E-state index in [1.54, 1.807) is 13.2 Å². The first-order valence-electron chi connectivity index (χ1n) is 14.1. The number of carbonyl (C=O) groups is 1. The molecular formula is C34H34ClN3O5. The van der Waals surface area contributed by atoms with Crippen molar-refractivity contribution in [3.63, 3.8) is 0 Å². The molecule has 0 aliphatic carbocycles. The highest BCUT2D eigenvalue weighted by atomic mass is 35.5. The fraction of sp³-hybridized carbons (Fsp3) is 0.235. The van der Waals surface area contributed by atoms with Crippen molar-refractivity contribution in [3.05, 3.63) is 130 Å². The first-order valence-corrected chi connectivity index (χ1v) is 14.5. The molecule has 5 rings (SSSR count). The lowest BCUT2D eigenvalue weighted by atomic mass is 9.82. The van der Waals surface area contributed by atoms with Gasteiger partial charge in [0.25, 0.3) is 5.91 Å². The Kier molecular flexibility index (Phi) is 9.94. The number of aliphatic hydroxyl groups is 1. The number of rotatable bonds is 13. The lowest BCUT2D eigenvalue weighted by molar-refractivity contribution is -0.130. The summed E-state index contributed by atoms with van der Waals surface area (Å²) in [6.45, 7) is 0.797. The molecule has 0 radical (unpaired) electrons. The van der Waals surface area contributed by atoms with Crippen molar-refractivity contribution in [2.75, 3.05) is 20.3 Å². The van der Waals surface area contributed by atoms with Gasteiger partial charge in [0.15, 0.2) is 11.6 Å². The summed E-state index contributed by atoms with van der Waals surface area (Å²) >= 11 is 6.34. The van der Waals surface area contributed by atoms with Gasteiger partial charge in [-0.2, -0.15) is 0 Å². The Balaban J connectivity index is 1.52. The van der Waals surface area contributed by atoms with E-state index < -0.39 is 11.6 Å². The van der Waals surface area contributed by atoms with E-state index in [0.717, 1.165) is 16.7 Å². The number of benzene rings is 4. The molecule has 222 valence electrons. The van der Waals surface area contributed by atoms with E-state index in [4.69, 9.17) is 35.9 Å². The van der Waals surface area contributed by atoms with Crippen molar-refractivity contribution in [1.29, 1.82) is 0 Å². The van der Waals surface area contributed by atoms with E-state index in [9.17, 15) is 4.79 Å². The zero-order valence-electron chi connectivity index (χ0n) is 23.8. The van der Waals surface area contributed by atoms with Gasteiger partial charge >= 0.3 is 0 Å². The number of methoxy groups -OCH3 is 1. The monoisotopic (exact) mass is 599 g/mol. The molecule has 3 N–H and O–H groups in total. The first-order chi connectivity index (χ1) is 21.0. The standard InChI is InChI=1S/C34H34ClN3O5/c1-41-29-13-7-12-26(21-29)31-34(22-24-9-3-2-4-10-24,33(40)38-36-23-27-11-5-6-14-30(27)35)37-32(43-31)25-15-17-28(18-16-25)42-20-8-19-39/h2-7,9-18,21,31,36,39H,8,19-20,22-23H2,1H3,(H,38,40)/t31-,34-/m0/s1. The molecule has 4 aromatic carbocycles. The Morgan fingerprint density at radius 1 is 0.977 bits per heavy atom. The molecule has 1 aliphatic rings. The number of hydrogen-bond donors (Lipinski definition) is 3. The predicted octanol–water partition coefficient (Wildman–Crippen LogP) is 5.43. The molecule has 0 aromatic heterocycles. The van der Waals surface area contributed by atoms with Gasteiger partial charge in [0.1, 0.15) is 11.5 Å². The third-order valence-electron chi connectivity index (χ3n) is 7.18. The number of amides is 1. The number of nitrogens with zero attached hydrogens (tertiary/aromatic N) is 1. The Bertz CT molecular complexity index is 1550. The highest BCUT2D eigenvalue weighted by Gasteiger charge is 2.53. The first kappa shape index (κ1) is 30.1. The average molecular weight is 600 g/mol. The van der Waals surface area contributed by atoms with E-state index in [-0.39, 0.29) is 18.9 Å². The summed E-state index contributed by atoms with van der Waals surface area (Å²) in [7, 11) is 1.60. The molecule has 1 aliphatic heterocycles. The predicted molar refractivity (Wildman–Crippen MR) is 166 cm³/mol. The van der Waals surface area contributed by atoms with Crippen molar-refractivity contribution in [2.24, 2.45) is 4.99 Å². The molecular weight excluding hydrogens is 566 g/mol. The van der Waals surface area contributed by atoms with Gasteiger partial charge in [-0.25, -0.2) is 10.4 Å². The fourth-order valence-electron chi connectivity index (χ4n) is 4.96. The van der Waals surface area contributed by atoms with Crippen LogP contribution in [-0.4, -0.2) is 42.8 Å². The second-order valence-corrected chi connectivity index (χ2v) is 10.5. The van der Waals surface area contributed by atoms with Crippen LogP contribution in [0.1, 0.15) is 34.8 Å². The molecule has 1 heterocycles. The van der Waals surface area contributed by atoms with Crippen LogP contribution in [0, 0.1) is 0 Å². The zero-order valence-corrected chi connectivity index (χ0v) is 24.6. The summed E-state index contributed by atoms with van der Waals surface area (Å²) < 4.78 is 17.8. The van der Waals surface area contributed by atoms with Gasteiger partial charge in [0, 0.05) is 36.6 Å². The molecule has 0 spiro atoms. The van der Waals surface area contributed by atoms with Crippen LogP contribution < -0.4 is 20.3 Å². The lowest BCUT2D eigenvalue weighted by Gasteiger charge is -2.31. The summed E-state index contributed by atoms with van der Waals surface area (Å²) in [6.07, 6.45) is 0.0585. The SMILES string of the molecule is COc1cccc([C@@H]2OC(c3ccc(OCCCO)cc3)=N[C@]2(Cc2ccccc2)C(=O)NNCc2ccccc2Cl)c1. The summed E-state index contributed by atoms with van der Waals surface area (Å²) in [5, 5.41) is 9.65. The number of nitrogens with one attached hydrogen (secondary N) is 2. The smallest absolute Gasteiger partial charge is 0.266 e. The van der Waals surface area contributed by atoms with Crippen molar-refractivity contribution >= 4 is 23.4 Å². The Morgan fingerprint density at radius 2 is 1.74 bits per heavy atom. The maximum atomic E-state index is 14.3. The molecule has 2 atom stereocenters. The normalized spacial score (nSPS) is 17.6. The van der Waals surface area contributed by atoms with Gasteiger partial charge in [-0.1, -0.05) is 72.3 Å². The van der Waals surface area contributed by atoms with Gasteiger partial charge in [0.05, 0.1) is 13.7 Å². The summed E-state index contributed by atoms with van der Waals surface area (Å²) in [5.74, 6) is 1.30. The second-order valence-electron chi connectivity index (χ2n) is 10.1.